The first-order valence-corrected chi connectivity index (χ1v) is 5.26. The fraction of sp³-hybridized carbons (Fsp3) is 0.833. The molecule has 1 saturated heterocycles. The first kappa shape index (κ1) is 32.3. The van der Waals surface area contributed by atoms with E-state index in [1.165, 1.54) is 38.5 Å². The van der Waals surface area contributed by atoms with E-state index in [1.54, 1.807) is 0 Å². The molecule has 0 aliphatic carbocycles. The van der Waals surface area contributed by atoms with E-state index < -0.39 is 0 Å². The van der Waals surface area contributed by atoms with Crippen LogP contribution in [0.5, 0.6) is 0 Å². The molecule has 3 radical (unpaired) electrons. The van der Waals surface area contributed by atoms with Gasteiger partial charge in [-0.2, -0.15) is 0 Å². The maximum atomic E-state index is 4.47. The van der Waals surface area contributed by atoms with Gasteiger partial charge in [-0.15, -0.1) is 26.2 Å². The van der Waals surface area contributed by atoms with Crippen molar-refractivity contribution in [2.45, 2.75) is 38.5 Å². The topological polar surface area (TPSA) is 28.2 Å². The Labute approximate surface area is 185 Å². The van der Waals surface area contributed by atoms with Crippen molar-refractivity contribution in [2.24, 2.45) is 0 Å². The third-order valence-electron chi connectivity index (χ3n) is 2.26. The molecule has 0 atom stereocenters. The molecule has 1 heterocycles. The van der Waals surface area contributed by atoms with Crippen LogP contribution in [0, 0.1) is 14.9 Å². The van der Waals surface area contributed by atoms with Crippen molar-refractivity contribution in [3.63, 3.8) is 0 Å². The molecule has 0 aromatic carbocycles. The molecule has 2 nitrogen and oxygen atoms in total. The number of hydrogen-bond acceptors (Lipinski definition) is 0. The molecule has 1 aliphatic heterocycles. The Kier molecular flexibility index (Phi) is 52.3. The molecule has 0 bridgehead atoms. The molecule has 17 heavy (non-hydrogen) atoms. The van der Waals surface area contributed by atoms with E-state index in [-0.39, 0.29) is 113 Å². The minimum absolute atomic E-state index is 0. The minimum atomic E-state index is 0. The standard InChI is InChI=1S/C10H20N2.2CH3.3Y/c1-3-7-11-9-5-2-6-10-12-8-4-1;;;;;/h1-10H2;2*1H3;;;/q-2;2*-1;;;. The van der Waals surface area contributed by atoms with Crippen molar-refractivity contribution < 1.29 is 98.1 Å². The van der Waals surface area contributed by atoms with E-state index >= 15 is 0 Å². The van der Waals surface area contributed by atoms with Crippen molar-refractivity contribution in [3.8, 4) is 0 Å². The van der Waals surface area contributed by atoms with Gasteiger partial charge in [-0.3, -0.25) is 0 Å². The molecule has 5 heteroatoms. The Hall–Kier alpha value is 3.23. The zero-order valence-corrected chi connectivity index (χ0v) is 20.2. The molecule has 0 unspecified atom stereocenters. The molecule has 0 N–H and O–H groups in total. The van der Waals surface area contributed by atoms with Crippen LogP contribution in [-0.4, -0.2) is 26.2 Å². The molecular formula is C12H26N2Y3-4. The van der Waals surface area contributed by atoms with Crippen LogP contribution in [0.25, 0.3) is 10.6 Å². The third-order valence-corrected chi connectivity index (χ3v) is 2.26. The summed E-state index contributed by atoms with van der Waals surface area (Å²) in [5.74, 6) is 0. The third kappa shape index (κ3) is 24.6. The molecule has 0 saturated carbocycles. The maximum absolute atomic E-state index is 4.47. The summed E-state index contributed by atoms with van der Waals surface area (Å²) in [4.78, 5) is 0. The van der Waals surface area contributed by atoms with Crippen molar-refractivity contribution in [1.29, 1.82) is 0 Å². The molecule has 97 valence electrons. The van der Waals surface area contributed by atoms with Gasteiger partial charge in [-0.25, -0.2) is 0 Å². The molecule has 0 spiro atoms. The quantitative estimate of drug-likeness (QED) is 0.485. The van der Waals surface area contributed by atoms with Crippen molar-refractivity contribution in [2.75, 3.05) is 26.2 Å². The Bertz CT molecular complexity index is 62.7. The van der Waals surface area contributed by atoms with E-state index in [4.69, 9.17) is 0 Å². The number of nitrogens with zero attached hydrogens (tertiary/aromatic N) is 2. The van der Waals surface area contributed by atoms with E-state index in [2.05, 4.69) is 10.6 Å². The molecule has 1 aliphatic rings. The molecule has 0 aromatic rings. The summed E-state index contributed by atoms with van der Waals surface area (Å²) in [6.45, 7) is 4.33. The average Bonchev–Trinajstić information content (AvgIpc) is 2.05. The minimum Gasteiger partial charge on any atom is -0.662 e. The van der Waals surface area contributed by atoms with E-state index in [0.717, 1.165) is 26.2 Å². The second-order valence-electron chi connectivity index (χ2n) is 3.46. The van der Waals surface area contributed by atoms with Crippen LogP contribution >= 0.6 is 0 Å². The van der Waals surface area contributed by atoms with Gasteiger partial charge in [0, 0.05) is 98.1 Å². The number of rotatable bonds is 0. The molecule has 0 aromatic heterocycles. The molecule has 0 amide bonds. The van der Waals surface area contributed by atoms with Gasteiger partial charge in [0.1, 0.15) is 0 Å². The van der Waals surface area contributed by atoms with Crippen LogP contribution in [0.2, 0.25) is 0 Å². The van der Waals surface area contributed by atoms with Gasteiger partial charge in [0.2, 0.25) is 0 Å². The van der Waals surface area contributed by atoms with Crippen LogP contribution in [0.4, 0.5) is 0 Å². The summed E-state index contributed by atoms with van der Waals surface area (Å²) in [6.07, 6.45) is 7.72. The molecule has 1 fully saturated rings. The maximum Gasteiger partial charge on any atom is 0 e. The fourth-order valence-electron chi connectivity index (χ4n) is 1.47. The normalized spacial score (nSPS) is 16.9. The monoisotopic (exact) mass is 465 g/mol. The zero-order valence-electron chi connectivity index (χ0n) is 11.7. The Morgan fingerprint density at radius 2 is 0.647 bits per heavy atom. The number of hydrogen-bond donors (Lipinski definition) is 0. The van der Waals surface area contributed by atoms with Gasteiger partial charge >= 0.3 is 0 Å². The van der Waals surface area contributed by atoms with Crippen LogP contribution in [0.1, 0.15) is 38.5 Å². The first-order valence-electron chi connectivity index (χ1n) is 5.26. The summed E-state index contributed by atoms with van der Waals surface area (Å²) in [5.41, 5.74) is 0. The SMILES string of the molecule is C1CC[N-]CCCCC[N-]CC1.[CH3-].[CH3-].[Y].[Y].[Y]. The van der Waals surface area contributed by atoms with Gasteiger partial charge in [-0.1, -0.05) is 38.5 Å². The van der Waals surface area contributed by atoms with Crippen LogP contribution in [0.3, 0.4) is 0 Å². The van der Waals surface area contributed by atoms with Crippen LogP contribution in [0.15, 0.2) is 0 Å². The predicted octanol–water partition coefficient (Wildman–Crippen LogP) is 3.98. The van der Waals surface area contributed by atoms with Gasteiger partial charge in [-0.05, 0) is 0 Å². The first-order chi connectivity index (χ1) is 6.00. The largest absolute Gasteiger partial charge is 0.662 e. The summed E-state index contributed by atoms with van der Waals surface area (Å²) < 4.78 is 0. The average molecular weight is 465 g/mol. The summed E-state index contributed by atoms with van der Waals surface area (Å²) in [7, 11) is 0. The van der Waals surface area contributed by atoms with Crippen molar-refractivity contribution in [3.05, 3.63) is 25.5 Å². The van der Waals surface area contributed by atoms with Crippen LogP contribution in [-0.2, 0) is 98.1 Å². The molecule has 1 rings (SSSR count). The van der Waals surface area contributed by atoms with Gasteiger partial charge in [0.15, 0.2) is 0 Å². The van der Waals surface area contributed by atoms with Gasteiger partial charge < -0.3 is 25.5 Å². The van der Waals surface area contributed by atoms with Crippen LogP contribution < -0.4 is 0 Å². The van der Waals surface area contributed by atoms with Gasteiger partial charge in [0.05, 0.1) is 0 Å². The smallest absolute Gasteiger partial charge is 0 e. The van der Waals surface area contributed by atoms with Crippen molar-refractivity contribution >= 4 is 0 Å². The Morgan fingerprint density at radius 3 is 0.882 bits per heavy atom. The second kappa shape index (κ2) is 27.6. The second-order valence-corrected chi connectivity index (χ2v) is 3.46. The Morgan fingerprint density at radius 1 is 0.412 bits per heavy atom. The summed E-state index contributed by atoms with van der Waals surface area (Å²) in [5, 5.41) is 8.95. The van der Waals surface area contributed by atoms with Crippen molar-refractivity contribution in [1.82, 2.24) is 0 Å². The zero-order chi connectivity index (χ0) is 8.49. The molecular weight excluding hydrogens is 439 g/mol. The van der Waals surface area contributed by atoms with Gasteiger partial charge in [0.25, 0.3) is 0 Å². The van der Waals surface area contributed by atoms with E-state index in [9.17, 15) is 0 Å². The van der Waals surface area contributed by atoms with E-state index in [0.29, 0.717) is 0 Å². The summed E-state index contributed by atoms with van der Waals surface area (Å²) in [6, 6.07) is 0. The Balaban J connectivity index is -0.0000000960. The van der Waals surface area contributed by atoms with E-state index in [1.807, 2.05) is 0 Å². The predicted molar refractivity (Wildman–Crippen MR) is 66.7 cm³/mol. The summed E-state index contributed by atoms with van der Waals surface area (Å²) >= 11 is 0. The fourth-order valence-corrected chi connectivity index (χ4v) is 1.47.